The van der Waals surface area contributed by atoms with E-state index in [0.29, 0.717) is 6.42 Å². The first-order valence-corrected chi connectivity index (χ1v) is 27.5. The highest BCUT2D eigenvalue weighted by molar-refractivity contribution is 5.76. The van der Waals surface area contributed by atoms with E-state index in [1.807, 2.05) is 6.08 Å². The van der Waals surface area contributed by atoms with Crippen molar-refractivity contribution in [2.45, 2.75) is 296 Å². The van der Waals surface area contributed by atoms with Crippen molar-refractivity contribution < 1.29 is 15.0 Å². The molecule has 1 amide bonds. The minimum Gasteiger partial charge on any atom is -0.394 e. The lowest BCUT2D eigenvalue weighted by Gasteiger charge is -2.20. The van der Waals surface area contributed by atoms with Crippen LogP contribution in [0.15, 0.2) is 60.8 Å². The largest absolute Gasteiger partial charge is 0.394 e. The molecule has 0 spiro atoms. The fourth-order valence-corrected chi connectivity index (χ4v) is 8.35. The van der Waals surface area contributed by atoms with Gasteiger partial charge in [-0.1, -0.05) is 280 Å². The van der Waals surface area contributed by atoms with Gasteiger partial charge in [-0.2, -0.15) is 0 Å². The molecular formula is C58H107NO3. The van der Waals surface area contributed by atoms with Crippen LogP contribution in [0.25, 0.3) is 0 Å². The summed E-state index contributed by atoms with van der Waals surface area (Å²) >= 11 is 0. The van der Waals surface area contributed by atoms with Gasteiger partial charge in [-0.05, 0) is 57.8 Å². The maximum atomic E-state index is 12.5. The molecule has 0 bridgehead atoms. The molecule has 62 heavy (non-hydrogen) atoms. The van der Waals surface area contributed by atoms with Crippen LogP contribution in [0.3, 0.4) is 0 Å². The zero-order valence-corrected chi connectivity index (χ0v) is 41.6. The quantitative estimate of drug-likeness (QED) is 0.0421. The predicted octanol–water partition coefficient (Wildman–Crippen LogP) is 18.0. The van der Waals surface area contributed by atoms with Crippen molar-refractivity contribution in [2.24, 2.45) is 0 Å². The molecule has 0 fully saturated rings. The second-order valence-electron chi connectivity index (χ2n) is 18.6. The first-order chi connectivity index (χ1) is 30.7. The Hall–Kier alpha value is -1.91. The lowest BCUT2D eigenvalue weighted by atomic mass is 10.0. The van der Waals surface area contributed by atoms with Gasteiger partial charge in [0.2, 0.25) is 5.91 Å². The van der Waals surface area contributed by atoms with E-state index in [1.54, 1.807) is 6.08 Å². The molecule has 2 atom stereocenters. The third-order valence-electron chi connectivity index (χ3n) is 12.5. The number of amides is 1. The summed E-state index contributed by atoms with van der Waals surface area (Å²) in [4.78, 5) is 12.5. The Balaban J connectivity index is 3.51. The number of carbonyl (C=O) groups excluding carboxylic acids is 1. The Labute approximate surface area is 387 Å². The van der Waals surface area contributed by atoms with Crippen LogP contribution in [-0.4, -0.2) is 34.9 Å². The number of aliphatic hydroxyl groups is 2. The van der Waals surface area contributed by atoms with Gasteiger partial charge in [0.1, 0.15) is 0 Å². The highest BCUT2D eigenvalue weighted by Gasteiger charge is 2.18. The van der Waals surface area contributed by atoms with Crippen LogP contribution in [-0.2, 0) is 4.79 Å². The molecule has 0 aliphatic carbocycles. The number of rotatable bonds is 50. The SMILES string of the molecule is CC/C=C\C/C=C\C/C=C\C/C=C\CCCCCCCCCCCCCCC(=O)NC(CO)C(O)/C=C/CCCCCCCCCCCCCCCCCCCCCCCCC. The minimum atomic E-state index is -0.843. The van der Waals surface area contributed by atoms with Gasteiger partial charge in [-0.15, -0.1) is 0 Å². The number of hydrogen-bond donors (Lipinski definition) is 3. The highest BCUT2D eigenvalue weighted by Crippen LogP contribution is 2.17. The van der Waals surface area contributed by atoms with Crippen LogP contribution >= 0.6 is 0 Å². The average molecular weight is 866 g/mol. The zero-order valence-electron chi connectivity index (χ0n) is 41.6. The third-order valence-corrected chi connectivity index (χ3v) is 12.5. The van der Waals surface area contributed by atoms with E-state index in [2.05, 4.69) is 67.8 Å². The number of nitrogens with one attached hydrogen (secondary N) is 1. The molecule has 4 heteroatoms. The molecular weight excluding hydrogens is 759 g/mol. The molecule has 362 valence electrons. The van der Waals surface area contributed by atoms with Gasteiger partial charge in [0, 0.05) is 6.42 Å². The molecule has 0 saturated carbocycles. The van der Waals surface area contributed by atoms with Crippen LogP contribution in [0, 0.1) is 0 Å². The van der Waals surface area contributed by atoms with E-state index in [-0.39, 0.29) is 12.5 Å². The van der Waals surface area contributed by atoms with Crippen molar-refractivity contribution in [2.75, 3.05) is 6.61 Å². The van der Waals surface area contributed by atoms with E-state index < -0.39 is 12.1 Å². The van der Waals surface area contributed by atoms with E-state index in [1.165, 1.54) is 212 Å². The Kier molecular flexibility index (Phi) is 51.8. The third kappa shape index (κ3) is 49.1. The lowest BCUT2D eigenvalue weighted by Crippen LogP contribution is -2.45. The fourth-order valence-electron chi connectivity index (χ4n) is 8.35. The van der Waals surface area contributed by atoms with Crippen LogP contribution < -0.4 is 5.32 Å². The number of aliphatic hydroxyl groups excluding tert-OH is 2. The Morgan fingerprint density at radius 1 is 0.403 bits per heavy atom. The van der Waals surface area contributed by atoms with Crippen molar-refractivity contribution in [3.8, 4) is 0 Å². The molecule has 0 aromatic heterocycles. The highest BCUT2D eigenvalue weighted by atomic mass is 16.3. The predicted molar refractivity (Wildman–Crippen MR) is 276 cm³/mol. The molecule has 4 nitrogen and oxygen atoms in total. The fraction of sp³-hybridized carbons (Fsp3) is 0.810. The molecule has 2 unspecified atom stereocenters. The standard InChI is InChI=1S/C58H107NO3/c1-3-5-7-9-11-13-15-17-19-21-23-25-27-29-31-33-35-37-39-41-43-45-47-49-51-53-57(61)56(55-60)59-58(62)54-52-50-48-46-44-42-40-38-36-34-32-30-28-26-24-22-20-18-16-14-12-10-8-6-4-2/h6,8,12,14,18,20,24,26,51,53,56-57,60-61H,3-5,7,9-11,13,15-17,19,21-23,25,27-50,52,54-55H2,1-2H3,(H,59,62)/b8-6-,14-12-,20-18-,26-24-,53-51+. The van der Waals surface area contributed by atoms with Gasteiger partial charge < -0.3 is 15.5 Å². The molecule has 0 heterocycles. The van der Waals surface area contributed by atoms with Crippen molar-refractivity contribution in [1.29, 1.82) is 0 Å². The first-order valence-electron chi connectivity index (χ1n) is 27.5. The smallest absolute Gasteiger partial charge is 0.220 e. The summed E-state index contributed by atoms with van der Waals surface area (Å²) in [5.41, 5.74) is 0. The van der Waals surface area contributed by atoms with Crippen molar-refractivity contribution in [3.63, 3.8) is 0 Å². The summed E-state index contributed by atoms with van der Waals surface area (Å²) in [6.07, 6.45) is 75.2. The maximum absolute atomic E-state index is 12.5. The summed E-state index contributed by atoms with van der Waals surface area (Å²) < 4.78 is 0. The van der Waals surface area contributed by atoms with Crippen molar-refractivity contribution in [1.82, 2.24) is 5.32 Å². The summed E-state index contributed by atoms with van der Waals surface area (Å²) in [5, 5.41) is 23.2. The number of unbranched alkanes of at least 4 members (excludes halogenated alkanes) is 35. The van der Waals surface area contributed by atoms with Gasteiger partial charge in [0.25, 0.3) is 0 Å². The summed E-state index contributed by atoms with van der Waals surface area (Å²) in [6.45, 7) is 4.22. The van der Waals surface area contributed by atoms with E-state index >= 15 is 0 Å². The summed E-state index contributed by atoms with van der Waals surface area (Å²) in [7, 11) is 0. The van der Waals surface area contributed by atoms with Crippen LogP contribution in [0.4, 0.5) is 0 Å². The maximum Gasteiger partial charge on any atom is 0.220 e. The molecule has 3 N–H and O–H groups in total. The van der Waals surface area contributed by atoms with Crippen LogP contribution in [0.5, 0.6) is 0 Å². The van der Waals surface area contributed by atoms with E-state index in [0.717, 1.165) is 51.4 Å². The molecule has 0 saturated heterocycles. The molecule has 0 aromatic carbocycles. The number of carbonyl (C=O) groups is 1. The topological polar surface area (TPSA) is 69.6 Å². The molecule has 0 aromatic rings. The van der Waals surface area contributed by atoms with Crippen molar-refractivity contribution in [3.05, 3.63) is 60.8 Å². The first kappa shape index (κ1) is 60.1. The van der Waals surface area contributed by atoms with E-state index in [9.17, 15) is 15.0 Å². The van der Waals surface area contributed by atoms with E-state index in [4.69, 9.17) is 0 Å². The van der Waals surface area contributed by atoms with Gasteiger partial charge in [-0.25, -0.2) is 0 Å². The molecule has 0 aliphatic heterocycles. The van der Waals surface area contributed by atoms with Gasteiger partial charge in [-0.3, -0.25) is 4.79 Å². The Morgan fingerprint density at radius 3 is 1.06 bits per heavy atom. The second-order valence-corrected chi connectivity index (χ2v) is 18.6. The molecule has 0 aliphatic rings. The molecule has 0 radical (unpaired) electrons. The van der Waals surface area contributed by atoms with Gasteiger partial charge in [0.05, 0.1) is 18.8 Å². The van der Waals surface area contributed by atoms with Crippen LogP contribution in [0.1, 0.15) is 284 Å². The second kappa shape index (κ2) is 53.4. The summed E-state index contributed by atoms with van der Waals surface area (Å²) in [6, 6.07) is -0.626. The lowest BCUT2D eigenvalue weighted by molar-refractivity contribution is -0.123. The number of hydrogen-bond acceptors (Lipinski definition) is 3. The van der Waals surface area contributed by atoms with Crippen molar-refractivity contribution >= 4 is 5.91 Å². The average Bonchev–Trinajstić information content (AvgIpc) is 3.28. The Morgan fingerprint density at radius 2 is 0.710 bits per heavy atom. The minimum absolute atomic E-state index is 0.0650. The zero-order chi connectivity index (χ0) is 44.9. The normalized spacial score (nSPS) is 13.3. The van der Waals surface area contributed by atoms with Gasteiger partial charge >= 0.3 is 0 Å². The van der Waals surface area contributed by atoms with Gasteiger partial charge in [0.15, 0.2) is 0 Å². The monoisotopic (exact) mass is 866 g/mol. The summed E-state index contributed by atoms with van der Waals surface area (Å²) in [5.74, 6) is -0.0650. The molecule has 0 rings (SSSR count). The number of allylic oxidation sites excluding steroid dienone is 9. The van der Waals surface area contributed by atoms with Crippen LogP contribution in [0.2, 0.25) is 0 Å². The Bertz CT molecular complexity index is 1030.